The molecule has 0 unspecified atom stereocenters. The van der Waals surface area contributed by atoms with Crippen LogP contribution in [0.3, 0.4) is 0 Å². The van der Waals surface area contributed by atoms with Gasteiger partial charge in [-0.15, -0.1) is 0 Å². The minimum atomic E-state index is -2.37. The zero-order valence-corrected chi connectivity index (χ0v) is 12.1. The van der Waals surface area contributed by atoms with Crippen molar-refractivity contribution in [3.8, 4) is 0 Å². The summed E-state index contributed by atoms with van der Waals surface area (Å²) in [6, 6.07) is 5.14. The second-order valence-corrected chi connectivity index (χ2v) is 5.12. The maximum absolute atomic E-state index is 12.4. The number of hydrogen-bond acceptors (Lipinski definition) is 1. The minimum Gasteiger partial charge on any atom is -0.293 e. The fourth-order valence-electron chi connectivity index (χ4n) is 1.46. The standard InChI is InChI=1S/C11H12BrCl2F2N/c12-4-5-17(7-11(15)16)6-8-9(13)2-1-3-10(8)14/h1-3,11H,4-7H2. The van der Waals surface area contributed by atoms with Crippen molar-refractivity contribution in [2.45, 2.75) is 13.0 Å². The molecule has 0 fully saturated rings. The smallest absolute Gasteiger partial charge is 0.251 e. The van der Waals surface area contributed by atoms with Crippen LogP contribution in [-0.2, 0) is 6.54 Å². The van der Waals surface area contributed by atoms with Crippen LogP contribution in [0.4, 0.5) is 8.78 Å². The molecule has 0 spiro atoms. The molecule has 0 aliphatic rings. The van der Waals surface area contributed by atoms with Crippen molar-refractivity contribution in [2.24, 2.45) is 0 Å². The summed E-state index contributed by atoms with van der Waals surface area (Å²) in [6.07, 6.45) is -2.37. The van der Waals surface area contributed by atoms with Crippen molar-refractivity contribution in [1.82, 2.24) is 4.90 Å². The number of nitrogens with zero attached hydrogens (tertiary/aromatic N) is 1. The van der Waals surface area contributed by atoms with E-state index in [4.69, 9.17) is 23.2 Å². The molecule has 1 nitrogen and oxygen atoms in total. The van der Waals surface area contributed by atoms with E-state index in [1.54, 1.807) is 23.1 Å². The summed E-state index contributed by atoms with van der Waals surface area (Å²) in [4.78, 5) is 1.62. The van der Waals surface area contributed by atoms with Crippen molar-refractivity contribution in [3.63, 3.8) is 0 Å². The number of benzene rings is 1. The number of alkyl halides is 3. The third-order valence-corrected chi connectivity index (χ3v) is 3.30. The molecule has 0 aromatic heterocycles. The highest BCUT2D eigenvalue weighted by atomic mass is 79.9. The van der Waals surface area contributed by atoms with Gasteiger partial charge in [0.1, 0.15) is 0 Å². The fraction of sp³-hybridized carbons (Fsp3) is 0.455. The molecule has 0 aliphatic heterocycles. The Hall–Kier alpha value is 0.1000. The Morgan fingerprint density at radius 1 is 1.24 bits per heavy atom. The average molecular weight is 347 g/mol. The SMILES string of the molecule is FC(F)CN(CCBr)Cc1c(Cl)cccc1Cl. The van der Waals surface area contributed by atoms with Gasteiger partial charge in [0.25, 0.3) is 6.43 Å². The highest BCUT2D eigenvalue weighted by Gasteiger charge is 2.15. The molecule has 0 N–H and O–H groups in total. The Labute approximate surface area is 118 Å². The van der Waals surface area contributed by atoms with E-state index in [-0.39, 0.29) is 6.54 Å². The van der Waals surface area contributed by atoms with E-state index in [1.165, 1.54) is 0 Å². The first-order valence-electron chi connectivity index (χ1n) is 5.04. The Bertz CT molecular complexity index is 343. The van der Waals surface area contributed by atoms with Gasteiger partial charge in [-0.05, 0) is 12.1 Å². The van der Waals surface area contributed by atoms with Crippen LogP contribution in [0.25, 0.3) is 0 Å². The lowest BCUT2D eigenvalue weighted by atomic mass is 10.2. The van der Waals surface area contributed by atoms with Crippen LogP contribution < -0.4 is 0 Å². The van der Waals surface area contributed by atoms with Gasteiger partial charge < -0.3 is 0 Å². The van der Waals surface area contributed by atoms with Crippen molar-refractivity contribution in [1.29, 1.82) is 0 Å². The maximum atomic E-state index is 12.4. The zero-order valence-electron chi connectivity index (χ0n) is 8.97. The Kier molecular flexibility index (Phi) is 6.70. The summed E-state index contributed by atoms with van der Waals surface area (Å²) in [5.41, 5.74) is 0.692. The molecule has 17 heavy (non-hydrogen) atoms. The van der Waals surface area contributed by atoms with E-state index in [2.05, 4.69) is 15.9 Å². The van der Waals surface area contributed by atoms with Crippen molar-refractivity contribution >= 4 is 39.1 Å². The molecule has 0 saturated carbocycles. The van der Waals surface area contributed by atoms with Gasteiger partial charge in [-0.2, -0.15) is 0 Å². The second kappa shape index (κ2) is 7.52. The summed E-state index contributed by atoms with van der Waals surface area (Å²) < 4.78 is 24.8. The van der Waals surface area contributed by atoms with Gasteiger partial charge in [0.2, 0.25) is 0 Å². The van der Waals surface area contributed by atoms with Gasteiger partial charge >= 0.3 is 0 Å². The molecule has 0 amide bonds. The average Bonchev–Trinajstić information content (AvgIpc) is 2.23. The normalized spacial score (nSPS) is 11.5. The first-order valence-corrected chi connectivity index (χ1v) is 6.91. The van der Waals surface area contributed by atoms with E-state index < -0.39 is 6.43 Å². The maximum Gasteiger partial charge on any atom is 0.251 e. The van der Waals surface area contributed by atoms with E-state index >= 15 is 0 Å². The lowest BCUT2D eigenvalue weighted by molar-refractivity contribution is 0.0881. The van der Waals surface area contributed by atoms with Gasteiger partial charge in [-0.3, -0.25) is 4.90 Å². The van der Waals surface area contributed by atoms with Crippen LogP contribution >= 0.6 is 39.1 Å². The minimum absolute atomic E-state index is 0.285. The molecule has 0 atom stereocenters. The first kappa shape index (κ1) is 15.2. The van der Waals surface area contributed by atoms with Crippen LogP contribution in [0.2, 0.25) is 10.0 Å². The Morgan fingerprint density at radius 3 is 2.29 bits per heavy atom. The lowest BCUT2D eigenvalue weighted by Gasteiger charge is -2.22. The van der Waals surface area contributed by atoms with Crippen molar-refractivity contribution in [3.05, 3.63) is 33.8 Å². The van der Waals surface area contributed by atoms with Crippen molar-refractivity contribution < 1.29 is 8.78 Å². The van der Waals surface area contributed by atoms with E-state index in [1.807, 2.05) is 0 Å². The number of rotatable bonds is 6. The van der Waals surface area contributed by atoms with Crippen LogP contribution in [0.5, 0.6) is 0 Å². The predicted octanol–water partition coefficient (Wildman–Crippen LogP) is 4.46. The summed E-state index contributed by atoms with van der Waals surface area (Å²) in [7, 11) is 0. The van der Waals surface area contributed by atoms with E-state index in [0.717, 1.165) is 0 Å². The lowest BCUT2D eigenvalue weighted by Crippen LogP contribution is -2.30. The summed E-state index contributed by atoms with van der Waals surface area (Å²) in [5.74, 6) is 0. The number of halogens is 5. The molecule has 0 radical (unpaired) electrons. The molecule has 96 valence electrons. The first-order chi connectivity index (χ1) is 8.04. The quantitative estimate of drug-likeness (QED) is 0.687. The zero-order chi connectivity index (χ0) is 12.8. The molecule has 0 bridgehead atoms. The monoisotopic (exact) mass is 345 g/mol. The third-order valence-electron chi connectivity index (χ3n) is 2.24. The number of hydrogen-bond donors (Lipinski definition) is 0. The highest BCUT2D eigenvalue weighted by Crippen LogP contribution is 2.25. The summed E-state index contributed by atoms with van der Waals surface area (Å²) in [5, 5.41) is 1.64. The molecule has 1 aromatic carbocycles. The van der Waals surface area contributed by atoms with Gasteiger partial charge in [0.05, 0.1) is 6.54 Å². The van der Waals surface area contributed by atoms with E-state index in [9.17, 15) is 8.78 Å². The molecule has 1 rings (SSSR count). The molecule has 6 heteroatoms. The molecular formula is C11H12BrCl2F2N. The van der Waals surface area contributed by atoms with Crippen LogP contribution in [-0.4, -0.2) is 29.7 Å². The molecule has 0 heterocycles. The van der Waals surface area contributed by atoms with Crippen molar-refractivity contribution in [2.75, 3.05) is 18.4 Å². The Balaban J connectivity index is 2.78. The largest absolute Gasteiger partial charge is 0.293 e. The van der Waals surface area contributed by atoms with Gasteiger partial charge in [-0.1, -0.05) is 45.2 Å². The summed E-state index contributed by atoms with van der Waals surface area (Å²) >= 11 is 15.2. The Morgan fingerprint density at radius 2 is 1.82 bits per heavy atom. The molecular weight excluding hydrogens is 335 g/mol. The molecule has 1 aromatic rings. The van der Waals surface area contributed by atoms with E-state index in [0.29, 0.717) is 34.0 Å². The van der Waals surface area contributed by atoms with Gasteiger partial charge in [-0.25, -0.2) is 8.78 Å². The fourth-order valence-corrected chi connectivity index (χ4v) is 2.48. The van der Waals surface area contributed by atoms with Crippen LogP contribution in [0, 0.1) is 0 Å². The predicted molar refractivity (Wildman–Crippen MR) is 71.5 cm³/mol. The van der Waals surface area contributed by atoms with Crippen LogP contribution in [0.15, 0.2) is 18.2 Å². The van der Waals surface area contributed by atoms with Crippen LogP contribution in [0.1, 0.15) is 5.56 Å². The second-order valence-electron chi connectivity index (χ2n) is 3.52. The molecule has 0 aliphatic carbocycles. The van der Waals surface area contributed by atoms with Gasteiger partial charge in [0, 0.05) is 34.0 Å². The topological polar surface area (TPSA) is 3.24 Å². The molecule has 0 saturated heterocycles. The highest BCUT2D eigenvalue weighted by molar-refractivity contribution is 9.09. The third kappa shape index (κ3) is 5.08. The summed E-state index contributed by atoms with van der Waals surface area (Å²) in [6.45, 7) is 0.563. The van der Waals surface area contributed by atoms with Gasteiger partial charge in [0.15, 0.2) is 0 Å².